The average molecular weight is 291 g/mol. The van der Waals surface area contributed by atoms with Crippen molar-refractivity contribution < 1.29 is 19.7 Å². The van der Waals surface area contributed by atoms with Crippen molar-refractivity contribution in [2.24, 2.45) is 0 Å². The number of amides is 1. The zero-order valence-electron chi connectivity index (χ0n) is 12.4. The third kappa shape index (κ3) is 2.30. The van der Waals surface area contributed by atoms with Crippen LogP contribution >= 0.6 is 0 Å². The number of nitrogens with zero attached hydrogens (tertiary/aromatic N) is 1. The van der Waals surface area contributed by atoms with Crippen molar-refractivity contribution in [1.82, 2.24) is 4.90 Å². The maximum absolute atomic E-state index is 12.1. The zero-order valence-corrected chi connectivity index (χ0v) is 12.4. The summed E-state index contributed by atoms with van der Waals surface area (Å²) in [5.74, 6) is 0.740. The van der Waals surface area contributed by atoms with Crippen LogP contribution in [0.25, 0.3) is 0 Å². The van der Waals surface area contributed by atoms with Crippen LogP contribution in [0.5, 0.6) is 5.75 Å². The van der Waals surface area contributed by atoms with Crippen molar-refractivity contribution in [3.05, 3.63) is 29.3 Å². The third-order valence-electron chi connectivity index (χ3n) is 4.41. The Kier molecular flexibility index (Phi) is 3.42. The van der Waals surface area contributed by atoms with Crippen LogP contribution in [0.1, 0.15) is 43.9 Å². The molecule has 3 rings (SSSR count). The molecule has 2 unspecified atom stereocenters. The number of hydrogen-bond donors (Lipinski definition) is 2. The Labute approximate surface area is 124 Å². The van der Waals surface area contributed by atoms with Crippen LogP contribution in [0, 0.1) is 0 Å². The van der Waals surface area contributed by atoms with Crippen LogP contribution in [-0.2, 0) is 11.4 Å². The Bertz CT molecular complexity index is 569. The first-order valence-electron chi connectivity index (χ1n) is 7.34. The van der Waals surface area contributed by atoms with Gasteiger partial charge in [0.15, 0.2) is 0 Å². The highest BCUT2D eigenvalue weighted by atomic mass is 16.5. The molecule has 1 amide bonds. The van der Waals surface area contributed by atoms with Crippen molar-refractivity contribution in [1.29, 1.82) is 0 Å². The number of fused-ring (bicyclic) bond motifs is 1. The molecule has 21 heavy (non-hydrogen) atoms. The van der Waals surface area contributed by atoms with Gasteiger partial charge in [0, 0.05) is 18.5 Å². The van der Waals surface area contributed by atoms with E-state index in [0.29, 0.717) is 18.7 Å². The van der Waals surface area contributed by atoms with Gasteiger partial charge in [-0.1, -0.05) is 6.07 Å². The number of benzene rings is 1. The minimum absolute atomic E-state index is 0.0668. The topological polar surface area (TPSA) is 70.0 Å². The van der Waals surface area contributed by atoms with E-state index in [1.807, 2.05) is 26.0 Å². The summed E-state index contributed by atoms with van der Waals surface area (Å²) in [6.07, 6.45) is 0.540. The summed E-state index contributed by atoms with van der Waals surface area (Å²) < 4.78 is 5.89. The van der Waals surface area contributed by atoms with Crippen LogP contribution in [0.4, 0.5) is 0 Å². The molecule has 0 aliphatic carbocycles. The highest BCUT2D eigenvalue weighted by molar-refractivity contribution is 5.79. The van der Waals surface area contributed by atoms with Gasteiger partial charge in [-0.25, -0.2) is 0 Å². The molecule has 5 heteroatoms. The second kappa shape index (κ2) is 5.00. The number of aliphatic hydroxyl groups is 2. The number of hydrogen-bond acceptors (Lipinski definition) is 4. The molecule has 1 saturated heterocycles. The summed E-state index contributed by atoms with van der Waals surface area (Å²) in [6, 6.07) is 5.02. The fraction of sp³-hybridized carbons (Fsp3) is 0.562. The molecule has 2 aliphatic rings. The standard InChI is InChI=1S/C16H21NO4/c1-16(2)15(20)14(17-7-3-4-13(17)19)11-8-10(9-18)5-6-12(11)21-16/h5-6,8,14-15,18,20H,3-4,7,9H2,1-2H3. The van der Waals surface area contributed by atoms with Crippen LogP contribution < -0.4 is 4.74 Å². The van der Waals surface area contributed by atoms with E-state index in [0.717, 1.165) is 17.5 Å². The lowest BCUT2D eigenvalue weighted by atomic mass is 9.85. The molecule has 0 radical (unpaired) electrons. The van der Waals surface area contributed by atoms with E-state index in [2.05, 4.69) is 0 Å². The lowest BCUT2D eigenvalue weighted by Crippen LogP contribution is -2.53. The maximum Gasteiger partial charge on any atom is 0.223 e. The van der Waals surface area contributed by atoms with Gasteiger partial charge >= 0.3 is 0 Å². The number of likely N-dealkylation sites (tertiary alicyclic amines) is 1. The highest BCUT2D eigenvalue weighted by Gasteiger charge is 2.47. The average Bonchev–Trinajstić information content (AvgIpc) is 2.86. The number of rotatable bonds is 2. The van der Waals surface area contributed by atoms with E-state index >= 15 is 0 Å². The predicted octanol–water partition coefficient (Wildman–Crippen LogP) is 1.37. The fourth-order valence-electron chi connectivity index (χ4n) is 3.22. The van der Waals surface area contributed by atoms with Crippen LogP contribution in [0.15, 0.2) is 18.2 Å². The van der Waals surface area contributed by atoms with Gasteiger partial charge < -0.3 is 19.8 Å². The number of carbonyl (C=O) groups excluding carboxylic acids is 1. The Morgan fingerprint density at radius 3 is 2.81 bits per heavy atom. The minimum Gasteiger partial charge on any atom is -0.485 e. The number of ether oxygens (including phenoxy) is 1. The van der Waals surface area contributed by atoms with Crippen LogP contribution in [-0.4, -0.2) is 39.3 Å². The van der Waals surface area contributed by atoms with Crippen molar-refractivity contribution in [2.75, 3.05) is 6.54 Å². The molecule has 114 valence electrons. The van der Waals surface area contributed by atoms with E-state index in [-0.39, 0.29) is 12.5 Å². The molecule has 2 N–H and O–H groups in total. The second-order valence-corrected chi connectivity index (χ2v) is 6.32. The van der Waals surface area contributed by atoms with E-state index in [1.54, 1.807) is 11.0 Å². The van der Waals surface area contributed by atoms with Gasteiger partial charge in [-0.05, 0) is 38.0 Å². The molecular weight excluding hydrogens is 270 g/mol. The molecule has 0 aromatic heterocycles. The van der Waals surface area contributed by atoms with Crippen molar-refractivity contribution in [3.63, 3.8) is 0 Å². The minimum atomic E-state index is -0.805. The summed E-state index contributed by atoms with van der Waals surface area (Å²) in [6.45, 7) is 4.23. The highest BCUT2D eigenvalue weighted by Crippen LogP contribution is 2.44. The van der Waals surface area contributed by atoms with Crippen molar-refractivity contribution in [3.8, 4) is 5.75 Å². The van der Waals surface area contributed by atoms with Gasteiger partial charge in [0.05, 0.1) is 12.6 Å². The molecule has 1 aromatic carbocycles. The Morgan fingerprint density at radius 2 is 2.19 bits per heavy atom. The fourth-order valence-corrected chi connectivity index (χ4v) is 3.22. The quantitative estimate of drug-likeness (QED) is 0.863. The monoisotopic (exact) mass is 291 g/mol. The molecule has 2 aliphatic heterocycles. The molecule has 5 nitrogen and oxygen atoms in total. The third-order valence-corrected chi connectivity index (χ3v) is 4.41. The van der Waals surface area contributed by atoms with Crippen LogP contribution in [0.3, 0.4) is 0 Å². The lowest BCUT2D eigenvalue weighted by Gasteiger charge is -2.45. The molecule has 1 fully saturated rings. The molecule has 2 heterocycles. The molecule has 1 aromatic rings. The molecule has 2 atom stereocenters. The molecule has 0 saturated carbocycles. The summed E-state index contributed by atoms with van der Waals surface area (Å²) in [5, 5.41) is 20.0. The molecule has 0 spiro atoms. The van der Waals surface area contributed by atoms with E-state index in [9.17, 15) is 15.0 Å². The summed E-state index contributed by atoms with van der Waals surface area (Å²) in [5.41, 5.74) is 0.769. The Morgan fingerprint density at radius 1 is 1.43 bits per heavy atom. The number of carbonyl (C=O) groups is 1. The van der Waals surface area contributed by atoms with Crippen LogP contribution in [0.2, 0.25) is 0 Å². The Hall–Kier alpha value is -1.59. The van der Waals surface area contributed by atoms with E-state index < -0.39 is 17.7 Å². The van der Waals surface area contributed by atoms with Gasteiger partial charge in [0.1, 0.15) is 17.5 Å². The Balaban J connectivity index is 2.10. The predicted molar refractivity (Wildman–Crippen MR) is 76.8 cm³/mol. The SMILES string of the molecule is CC1(C)Oc2ccc(CO)cc2C(N2CCCC2=O)C1O. The first-order valence-corrected chi connectivity index (χ1v) is 7.34. The zero-order chi connectivity index (χ0) is 15.2. The smallest absolute Gasteiger partial charge is 0.223 e. The van der Waals surface area contributed by atoms with Gasteiger partial charge in [-0.2, -0.15) is 0 Å². The summed E-state index contributed by atoms with van der Waals surface area (Å²) in [7, 11) is 0. The number of aliphatic hydroxyl groups excluding tert-OH is 2. The maximum atomic E-state index is 12.1. The van der Waals surface area contributed by atoms with Crippen molar-refractivity contribution >= 4 is 5.91 Å². The lowest BCUT2D eigenvalue weighted by molar-refractivity contribution is -0.139. The van der Waals surface area contributed by atoms with Gasteiger partial charge in [0.25, 0.3) is 0 Å². The van der Waals surface area contributed by atoms with Gasteiger partial charge in [-0.15, -0.1) is 0 Å². The first kappa shape index (κ1) is 14.4. The largest absolute Gasteiger partial charge is 0.485 e. The van der Waals surface area contributed by atoms with E-state index in [4.69, 9.17) is 4.74 Å². The summed E-state index contributed by atoms with van der Waals surface area (Å²) >= 11 is 0. The second-order valence-electron chi connectivity index (χ2n) is 6.32. The van der Waals surface area contributed by atoms with Gasteiger partial charge in [0.2, 0.25) is 5.91 Å². The summed E-state index contributed by atoms with van der Waals surface area (Å²) in [4.78, 5) is 13.9. The van der Waals surface area contributed by atoms with Crippen molar-refractivity contribution in [2.45, 2.75) is 51.0 Å². The normalized spacial score (nSPS) is 27.4. The van der Waals surface area contributed by atoms with Gasteiger partial charge in [-0.3, -0.25) is 4.79 Å². The molecular formula is C16H21NO4. The van der Waals surface area contributed by atoms with E-state index in [1.165, 1.54) is 0 Å². The molecule has 0 bridgehead atoms. The first-order chi connectivity index (χ1) is 9.94.